The van der Waals surface area contributed by atoms with Gasteiger partial charge in [-0.05, 0) is 36.2 Å². The summed E-state index contributed by atoms with van der Waals surface area (Å²) in [5.41, 5.74) is 1.27. The van der Waals surface area contributed by atoms with E-state index >= 15 is 0 Å². The van der Waals surface area contributed by atoms with E-state index in [-0.39, 0.29) is 11.9 Å². The van der Waals surface area contributed by atoms with Crippen LogP contribution in [-0.2, 0) is 9.53 Å². The summed E-state index contributed by atoms with van der Waals surface area (Å²) in [6.45, 7) is 5.69. The Morgan fingerprint density at radius 3 is 2.52 bits per heavy atom. The molecule has 0 aromatic heterocycles. The SMILES string of the molecule is Brc1cccc2c(C3CNCCO3)cccc12.CC(C)=O. The summed E-state index contributed by atoms with van der Waals surface area (Å²) in [4.78, 5) is 9.44. The van der Waals surface area contributed by atoms with Crippen LogP contribution >= 0.6 is 15.9 Å². The highest BCUT2D eigenvalue weighted by Crippen LogP contribution is 2.31. The summed E-state index contributed by atoms with van der Waals surface area (Å²) in [5.74, 6) is 0.167. The fourth-order valence-electron chi connectivity index (χ4n) is 2.34. The Labute approximate surface area is 133 Å². The first-order valence-electron chi connectivity index (χ1n) is 7.06. The summed E-state index contributed by atoms with van der Waals surface area (Å²) in [7, 11) is 0. The molecule has 1 saturated heterocycles. The van der Waals surface area contributed by atoms with Crippen LogP contribution in [0.3, 0.4) is 0 Å². The third kappa shape index (κ3) is 4.37. The van der Waals surface area contributed by atoms with Gasteiger partial charge in [-0.25, -0.2) is 0 Å². The van der Waals surface area contributed by atoms with Gasteiger partial charge in [0.1, 0.15) is 5.78 Å². The standard InChI is InChI=1S/C14H14BrNO.C3H6O/c15-13-6-2-3-10-11(13)4-1-5-12(10)14-9-16-7-8-17-14;1-3(2)4/h1-6,14,16H,7-9H2;1-2H3. The van der Waals surface area contributed by atoms with Gasteiger partial charge in [-0.1, -0.05) is 46.3 Å². The molecule has 0 radical (unpaired) electrons. The Morgan fingerprint density at radius 1 is 1.19 bits per heavy atom. The summed E-state index contributed by atoms with van der Waals surface area (Å²) in [5, 5.41) is 5.90. The average Bonchev–Trinajstić information content (AvgIpc) is 2.48. The van der Waals surface area contributed by atoms with Gasteiger partial charge in [0.25, 0.3) is 0 Å². The van der Waals surface area contributed by atoms with E-state index in [0.29, 0.717) is 0 Å². The first kappa shape index (κ1) is 16.1. The second-order valence-electron chi connectivity index (χ2n) is 5.15. The molecule has 1 fully saturated rings. The number of carbonyl (C=O) groups excluding carboxylic acids is 1. The first-order chi connectivity index (χ1) is 10.1. The Bertz CT molecular complexity index is 617. The number of hydrogen-bond acceptors (Lipinski definition) is 3. The van der Waals surface area contributed by atoms with Gasteiger partial charge in [0, 0.05) is 17.6 Å². The van der Waals surface area contributed by atoms with Crippen molar-refractivity contribution in [1.29, 1.82) is 0 Å². The van der Waals surface area contributed by atoms with Crippen LogP contribution in [0.4, 0.5) is 0 Å². The monoisotopic (exact) mass is 349 g/mol. The number of benzene rings is 2. The van der Waals surface area contributed by atoms with Crippen molar-refractivity contribution in [2.45, 2.75) is 20.0 Å². The maximum Gasteiger partial charge on any atom is 0.126 e. The molecule has 0 amide bonds. The van der Waals surface area contributed by atoms with Gasteiger partial charge in [-0.3, -0.25) is 0 Å². The Balaban J connectivity index is 0.000000361. The molecule has 4 heteroatoms. The molecule has 2 aromatic carbocycles. The van der Waals surface area contributed by atoms with E-state index in [4.69, 9.17) is 4.74 Å². The van der Waals surface area contributed by atoms with Crippen LogP contribution in [0, 0.1) is 0 Å². The number of Topliss-reactive ketones (excluding diaryl/α,β-unsaturated/α-hetero) is 1. The summed E-state index contributed by atoms with van der Waals surface area (Å²) in [6.07, 6.45) is 0.168. The van der Waals surface area contributed by atoms with Crippen LogP contribution < -0.4 is 5.32 Å². The molecule has 112 valence electrons. The molecule has 3 nitrogen and oxygen atoms in total. The number of rotatable bonds is 1. The van der Waals surface area contributed by atoms with E-state index < -0.39 is 0 Å². The fourth-order valence-corrected chi connectivity index (χ4v) is 2.84. The van der Waals surface area contributed by atoms with E-state index in [9.17, 15) is 4.79 Å². The summed E-state index contributed by atoms with van der Waals surface area (Å²) in [6, 6.07) is 12.7. The molecule has 1 heterocycles. The summed E-state index contributed by atoms with van der Waals surface area (Å²) >= 11 is 3.60. The first-order valence-corrected chi connectivity index (χ1v) is 7.85. The molecule has 1 atom stereocenters. The van der Waals surface area contributed by atoms with Gasteiger partial charge in [-0.2, -0.15) is 0 Å². The second kappa shape index (κ2) is 7.69. The number of nitrogens with one attached hydrogen (secondary N) is 1. The van der Waals surface area contributed by atoms with Gasteiger partial charge in [0.2, 0.25) is 0 Å². The van der Waals surface area contributed by atoms with Crippen LogP contribution in [0.5, 0.6) is 0 Å². The third-order valence-electron chi connectivity index (χ3n) is 3.18. The number of halogens is 1. The summed E-state index contributed by atoms with van der Waals surface area (Å²) < 4.78 is 6.97. The Kier molecular flexibility index (Phi) is 5.91. The topological polar surface area (TPSA) is 38.3 Å². The number of hydrogen-bond donors (Lipinski definition) is 1. The van der Waals surface area contributed by atoms with Crippen LogP contribution in [0.15, 0.2) is 40.9 Å². The number of ketones is 1. The van der Waals surface area contributed by atoms with Crippen molar-refractivity contribution in [1.82, 2.24) is 5.32 Å². The lowest BCUT2D eigenvalue weighted by Crippen LogP contribution is -2.33. The molecule has 1 unspecified atom stereocenters. The molecular weight excluding hydrogens is 330 g/mol. The van der Waals surface area contributed by atoms with Crippen LogP contribution in [0.25, 0.3) is 10.8 Å². The maximum atomic E-state index is 9.44. The van der Waals surface area contributed by atoms with Gasteiger partial charge < -0.3 is 14.8 Å². The molecular formula is C17H20BrNO2. The minimum Gasteiger partial charge on any atom is -0.371 e. The lowest BCUT2D eigenvalue weighted by Gasteiger charge is -2.25. The third-order valence-corrected chi connectivity index (χ3v) is 3.87. The molecule has 3 rings (SSSR count). The number of carbonyl (C=O) groups is 1. The number of morpholine rings is 1. The highest BCUT2D eigenvalue weighted by Gasteiger charge is 2.17. The molecule has 1 aliphatic heterocycles. The van der Waals surface area contributed by atoms with Crippen molar-refractivity contribution in [3.05, 3.63) is 46.4 Å². The van der Waals surface area contributed by atoms with Gasteiger partial charge in [0.05, 0.1) is 12.7 Å². The fraction of sp³-hybridized carbons (Fsp3) is 0.353. The molecule has 0 aliphatic carbocycles. The zero-order valence-electron chi connectivity index (χ0n) is 12.4. The normalized spacial score (nSPS) is 18.0. The highest BCUT2D eigenvalue weighted by molar-refractivity contribution is 9.10. The zero-order chi connectivity index (χ0) is 15.2. The van der Waals surface area contributed by atoms with Crippen LogP contribution in [-0.4, -0.2) is 25.5 Å². The highest BCUT2D eigenvalue weighted by atomic mass is 79.9. The predicted octanol–water partition coefficient (Wildman–Crippen LogP) is 3.86. The molecule has 21 heavy (non-hydrogen) atoms. The van der Waals surface area contributed by atoms with Gasteiger partial charge in [-0.15, -0.1) is 0 Å². The van der Waals surface area contributed by atoms with Crippen molar-refractivity contribution >= 4 is 32.5 Å². The average molecular weight is 350 g/mol. The zero-order valence-corrected chi connectivity index (χ0v) is 13.9. The van der Waals surface area contributed by atoms with E-state index in [2.05, 4.69) is 57.6 Å². The van der Waals surface area contributed by atoms with Crippen molar-refractivity contribution in [3.63, 3.8) is 0 Å². The van der Waals surface area contributed by atoms with E-state index in [1.165, 1.54) is 30.2 Å². The minimum atomic E-state index is 0.167. The minimum absolute atomic E-state index is 0.167. The van der Waals surface area contributed by atoms with Crippen molar-refractivity contribution in [2.75, 3.05) is 19.7 Å². The molecule has 0 bridgehead atoms. The Hall–Kier alpha value is -1.23. The van der Waals surface area contributed by atoms with Crippen molar-refractivity contribution in [3.8, 4) is 0 Å². The number of fused-ring (bicyclic) bond motifs is 1. The molecule has 1 N–H and O–H groups in total. The number of ether oxygens (including phenoxy) is 1. The molecule has 0 saturated carbocycles. The molecule has 2 aromatic rings. The quantitative estimate of drug-likeness (QED) is 0.849. The Morgan fingerprint density at radius 2 is 1.86 bits per heavy atom. The largest absolute Gasteiger partial charge is 0.371 e. The smallest absolute Gasteiger partial charge is 0.126 e. The van der Waals surface area contributed by atoms with E-state index in [0.717, 1.165) is 24.2 Å². The molecule has 0 spiro atoms. The maximum absolute atomic E-state index is 9.44. The van der Waals surface area contributed by atoms with Crippen LogP contribution in [0.1, 0.15) is 25.5 Å². The van der Waals surface area contributed by atoms with E-state index in [1.54, 1.807) is 0 Å². The van der Waals surface area contributed by atoms with Crippen LogP contribution in [0.2, 0.25) is 0 Å². The predicted molar refractivity (Wildman–Crippen MR) is 89.6 cm³/mol. The second-order valence-corrected chi connectivity index (χ2v) is 6.01. The molecule has 1 aliphatic rings. The van der Waals surface area contributed by atoms with Crippen molar-refractivity contribution < 1.29 is 9.53 Å². The van der Waals surface area contributed by atoms with Gasteiger partial charge >= 0.3 is 0 Å². The van der Waals surface area contributed by atoms with Crippen molar-refractivity contribution in [2.24, 2.45) is 0 Å². The van der Waals surface area contributed by atoms with E-state index in [1.807, 2.05) is 0 Å². The lowest BCUT2D eigenvalue weighted by atomic mass is 10.00. The van der Waals surface area contributed by atoms with Gasteiger partial charge in [0.15, 0.2) is 0 Å². The lowest BCUT2D eigenvalue weighted by molar-refractivity contribution is -0.114.